The lowest BCUT2D eigenvalue weighted by Gasteiger charge is -2.51. The zero-order chi connectivity index (χ0) is 29.6. The smallest absolute Gasteiger partial charge is 0.315 e. The van der Waals surface area contributed by atoms with Crippen molar-refractivity contribution < 1.29 is 33.8 Å². The van der Waals surface area contributed by atoms with Crippen molar-refractivity contribution in [1.82, 2.24) is 15.5 Å². The number of carbonyl (C=O) groups excluding carboxylic acids is 4. The fourth-order valence-electron chi connectivity index (χ4n) is 4.67. The quantitative estimate of drug-likeness (QED) is 0.369. The molecule has 0 aliphatic carbocycles. The lowest BCUT2D eigenvalue weighted by atomic mass is 9.66. The summed E-state index contributed by atoms with van der Waals surface area (Å²) in [7, 11) is 1.24. The second kappa shape index (κ2) is 13.0. The summed E-state index contributed by atoms with van der Waals surface area (Å²) >= 11 is 6.02. The number of methoxy groups -OCH3 is 1. The van der Waals surface area contributed by atoms with Crippen molar-refractivity contribution in [3.63, 3.8) is 0 Å². The summed E-state index contributed by atoms with van der Waals surface area (Å²) in [5.41, 5.74) is -2.10. The van der Waals surface area contributed by atoms with Crippen LogP contribution in [0.3, 0.4) is 0 Å². The van der Waals surface area contributed by atoms with Crippen LogP contribution in [0, 0.1) is 11.3 Å². The van der Waals surface area contributed by atoms with Gasteiger partial charge in [-0.15, -0.1) is 0 Å². The van der Waals surface area contributed by atoms with Gasteiger partial charge >= 0.3 is 18.0 Å². The van der Waals surface area contributed by atoms with Gasteiger partial charge < -0.3 is 30.1 Å². The summed E-state index contributed by atoms with van der Waals surface area (Å²) in [6, 6.07) is 5.72. The first-order chi connectivity index (χ1) is 18.0. The van der Waals surface area contributed by atoms with E-state index in [0.717, 1.165) is 5.56 Å². The molecule has 218 valence electrons. The van der Waals surface area contributed by atoms with E-state index in [4.69, 9.17) is 16.3 Å². The molecule has 1 unspecified atom stereocenters. The molecule has 11 heteroatoms. The predicted molar refractivity (Wildman–Crippen MR) is 147 cm³/mol. The number of halogens is 1. The molecule has 2 atom stereocenters. The predicted octanol–water partition coefficient (Wildman–Crippen LogP) is 3.38. The maximum absolute atomic E-state index is 13.5. The topological polar surface area (TPSA) is 134 Å². The van der Waals surface area contributed by atoms with E-state index in [1.54, 1.807) is 30.9 Å². The zero-order valence-corrected chi connectivity index (χ0v) is 24.7. The highest BCUT2D eigenvalue weighted by Crippen LogP contribution is 2.46. The van der Waals surface area contributed by atoms with Crippen molar-refractivity contribution in [2.75, 3.05) is 26.7 Å². The number of carbonyl (C=O) groups is 4. The number of likely N-dealkylation sites (tertiary alicyclic amines) is 1. The molecule has 0 aromatic heterocycles. The molecule has 0 spiro atoms. The van der Waals surface area contributed by atoms with Crippen LogP contribution in [0.25, 0.3) is 0 Å². The number of aliphatic hydroxyl groups is 1. The van der Waals surface area contributed by atoms with Gasteiger partial charge in [0.25, 0.3) is 0 Å². The summed E-state index contributed by atoms with van der Waals surface area (Å²) in [4.78, 5) is 51.2. The van der Waals surface area contributed by atoms with E-state index < -0.39 is 40.6 Å². The number of urea groups is 1. The van der Waals surface area contributed by atoms with Crippen molar-refractivity contribution >= 4 is 35.5 Å². The maximum Gasteiger partial charge on any atom is 0.315 e. The molecule has 1 aliphatic heterocycles. The molecule has 1 aromatic rings. The van der Waals surface area contributed by atoms with Gasteiger partial charge in [-0.05, 0) is 43.9 Å². The van der Waals surface area contributed by atoms with Gasteiger partial charge in [-0.1, -0.05) is 51.4 Å². The third-order valence-corrected chi connectivity index (χ3v) is 7.38. The number of hydrogen-bond acceptors (Lipinski definition) is 7. The van der Waals surface area contributed by atoms with Gasteiger partial charge in [0, 0.05) is 23.5 Å². The number of piperidine rings is 1. The van der Waals surface area contributed by atoms with E-state index in [9.17, 15) is 24.3 Å². The lowest BCUT2D eigenvalue weighted by molar-refractivity contribution is -0.158. The van der Waals surface area contributed by atoms with Crippen molar-refractivity contribution in [3.05, 3.63) is 34.9 Å². The minimum atomic E-state index is -1.15. The molecule has 3 N–H and O–H groups in total. The van der Waals surface area contributed by atoms with Gasteiger partial charge in [-0.25, -0.2) is 4.79 Å². The van der Waals surface area contributed by atoms with Crippen molar-refractivity contribution in [1.29, 1.82) is 0 Å². The zero-order valence-electron chi connectivity index (χ0n) is 23.9. The molecule has 1 saturated heterocycles. The monoisotopic (exact) mass is 567 g/mol. The second-order valence-electron chi connectivity index (χ2n) is 11.6. The number of amides is 3. The molecule has 0 saturated carbocycles. The van der Waals surface area contributed by atoms with Gasteiger partial charge in [0.2, 0.25) is 5.91 Å². The highest BCUT2D eigenvalue weighted by Gasteiger charge is 2.50. The molecule has 1 heterocycles. The van der Waals surface area contributed by atoms with Crippen LogP contribution in [-0.4, -0.2) is 72.3 Å². The Morgan fingerprint density at radius 2 is 1.69 bits per heavy atom. The Balaban J connectivity index is 1.99. The largest absolute Gasteiger partial charge is 0.469 e. The molecule has 0 radical (unpaired) electrons. The summed E-state index contributed by atoms with van der Waals surface area (Å²) in [6.45, 7) is 11.4. The standard InChI is InChI=1S/C28H42ClN3O7/c1-18(2)23(31-25(36)30-16-27(5,6)39-22(34)13-12-21(33)38-7)24(35)32-15-14-28(37,26(3,4)17-32)19-8-10-20(29)11-9-19/h8-11,18,23,37H,12-17H2,1-7H3,(H2,30,31,36)/t23?,28-/m0/s1. The fourth-order valence-corrected chi connectivity index (χ4v) is 4.79. The van der Waals surface area contributed by atoms with Crippen molar-refractivity contribution in [2.24, 2.45) is 11.3 Å². The lowest BCUT2D eigenvalue weighted by Crippen LogP contribution is -2.61. The van der Waals surface area contributed by atoms with Crippen molar-refractivity contribution in [2.45, 2.75) is 78.0 Å². The molecule has 2 rings (SSSR count). The van der Waals surface area contributed by atoms with E-state index >= 15 is 0 Å². The molecular formula is C28H42ClN3O7. The number of hydrogen-bond donors (Lipinski definition) is 3. The van der Waals surface area contributed by atoms with E-state index in [1.807, 2.05) is 39.8 Å². The van der Waals surface area contributed by atoms with Crippen LogP contribution in [0.15, 0.2) is 24.3 Å². The third-order valence-electron chi connectivity index (χ3n) is 7.13. The number of benzene rings is 1. The van der Waals surface area contributed by atoms with Gasteiger partial charge in [-0.3, -0.25) is 14.4 Å². The molecule has 10 nitrogen and oxygen atoms in total. The van der Waals surface area contributed by atoms with E-state index in [2.05, 4.69) is 15.4 Å². The summed E-state index contributed by atoms with van der Waals surface area (Å²) in [5, 5.41) is 17.6. The minimum Gasteiger partial charge on any atom is -0.469 e. The molecular weight excluding hydrogens is 526 g/mol. The molecule has 0 bridgehead atoms. The maximum atomic E-state index is 13.5. The summed E-state index contributed by atoms with van der Waals surface area (Å²) in [5.74, 6) is -1.54. The summed E-state index contributed by atoms with van der Waals surface area (Å²) < 4.78 is 9.88. The van der Waals surface area contributed by atoms with Crippen LogP contribution in [0.2, 0.25) is 5.02 Å². The Hall–Kier alpha value is -2.85. The number of rotatable bonds is 10. The highest BCUT2D eigenvalue weighted by molar-refractivity contribution is 6.30. The van der Waals surface area contributed by atoms with Crippen LogP contribution in [-0.2, 0) is 29.5 Å². The number of nitrogens with zero attached hydrogens (tertiary/aromatic N) is 1. The van der Waals surface area contributed by atoms with Gasteiger partial charge in [-0.2, -0.15) is 0 Å². The van der Waals surface area contributed by atoms with Gasteiger partial charge in [0.15, 0.2) is 0 Å². The second-order valence-corrected chi connectivity index (χ2v) is 12.1. The Bertz CT molecular complexity index is 1040. The molecule has 39 heavy (non-hydrogen) atoms. The first-order valence-electron chi connectivity index (χ1n) is 13.1. The molecule has 3 amide bonds. The van der Waals surface area contributed by atoms with E-state index in [0.29, 0.717) is 24.5 Å². The SMILES string of the molecule is COC(=O)CCC(=O)OC(C)(C)CNC(=O)NC(C(=O)N1CC[C@](O)(c2ccc(Cl)cc2)C(C)(C)C1)C(C)C. The van der Waals surface area contributed by atoms with Crippen LogP contribution >= 0.6 is 11.6 Å². The molecule has 1 fully saturated rings. The Morgan fingerprint density at radius 3 is 2.23 bits per heavy atom. The van der Waals surface area contributed by atoms with Crippen molar-refractivity contribution in [3.8, 4) is 0 Å². The normalized spacial score (nSPS) is 19.7. The number of ether oxygens (including phenoxy) is 2. The van der Waals surface area contributed by atoms with Crippen LogP contribution < -0.4 is 10.6 Å². The summed E-state index contributed by atoms with van der Waals surface area (Å²) in [6.07, 6.45) is 0.105. The van der Waals surface area contributed by atoms with Crippen LogP contribution in [0.1, 0.15) is 66.4 Å². The number of nitrogens with one attached hydrogen (secondary N) is 2. The number of esters is 2. The Labute approximate surface area is 235 Å². The van der Waals surface area contributed by atoms with Crippen LogP contribution in [0.5, 0.6) is 0 Å². The Kier molecular flexibility index (Phi) is 10.8. The first-order valence-corrected chi connectivity index (χ1v) is 13.5. The first kappa shape index (κ1) is 32.4. The van der Waals surface area contributed by atoms with Gasteiger partial charge in [0.1, 0.15) is 11.6 Å². The minimum absolute atomic E-state index is 0.00727. The highest BCUT2D eigenvalue weighted by atomic mass is 35.5. The van der Waals surface area contributed by atoms with Crippen LogP contribution in [0.4, 0.5) is 4.79 Å². The Morgan fingerprint density at radius 1 is 1.10 bits per heavy atom. The molecule has 1 aromatic carbocycles. The van der Waals surface area contributed by atoms with Gasteiger partial charge in [0.05, 0.1) is 32.1 Å². The third kappa shape index (κ3) is 8.57. The van der Waals surface area contributed by atoms with E-state index in [1.165, 1.54) is 7.11 Å². The fraction of sp³-hybridized carbons (Fsp3) is 0.643. The molecule has 1 aliphatic rings. The van der Waals surface area contributed by atoms with E-state index in [-0.39, 0.29) is 31.2 Å². The average molecular weight is 568 g/mol. The average Bonchev–Trinajstić information content (AvgIpc) is 2.85.